The van der Waals surface area contributed by atoms with Crippen LogP contribution in [-0.4, -0.2) is 59.8 Å². The standard InChI is InChI=1S/C27H31N3O2/c1-3-20(10-13-28-2)22-8-9-26-23(16-22)12-15-30(27(26)32)19-25(31)18-29-14-11-21-6-4-5-7-24(21)17-29/h3-10,13,16,25,31H,2,11-12,14-15,17-19H2,1H3/b13-10-,20-3+/t25-/m1/s1. The molecule has 2 aliphatic rings. The maximum Gasteiger partial charge on any atom is 0.254 e. The van der Waals surface area contributed by atoms with Crippen LogP contribution in [0, 0.1) is 0 Å². The van der Waals surface area contributed by atoms with Gasteiger partial charge in [0.15, 0.2) is 0 Å². The average molecular weight is 430 g/mol. The number of hydrogen-bond acceptors (Lipinski definition) is 4. The van der Waals surface area contributed by atoms with Gasteiger partial charge in [-0.2, -0.15) is 0 Å². The van der Waals surface area contributed by atoms with E-state index in [1.807, 2.05) is 31.2 Å². The van der Waals surface area contributed by atoms with Crippen LogP contribution in [0.4, 0.5) is 0 Å². The molecule has 0 spiro atoms. The van der Waals surface area contributed by atoms with Gasteiger partial charge in [0.2, 0.25) is 0 Å². The molecule has 1 amide bonds. The van der Waals surface area contributed by atoms with Crippen LogP contribution in [0.15, 0.2) is 65.8 Å². The molecule has 2 aliphatic heterocycles. The lowest BCUT2D eigenvalue weighted by Crippen LogP contribution is -2.46. The van der Waals surface area contributed by atoms with Gasteiger partial charge < -0.3 is 10.0 Å². The molecule has 2 aromatic carbocycles. The van der Waals surface area contributed by atoms with Crippen LogP contribution in [0.1, 0.15) is 39.5 Å². The number of allylic oxidation sites excluding steroid dienone is 3. The van der Waals surface area contributed by atoms with E-state index in [0.717, 1.165) is 48.2 Å². The molecule has 0 saturated carbocycles. The van der Waals surface area contributed by atoms with Crippen molar-refractivity contribution >= 4 is 18.2 Å². The Morgan fingerprint density at radius 2 is 1.91 bits per heavy atom. The van der Waals surface area contributed by atoms with Gasteiger partial charge in [0.05, 0.1) is 6.10 Å². The Balaban J connectivity index is 1.38. The first-order valence-electron chi connectivity index (χ1n) is 11.3. The molecule has 0 bridgehead atoms. The highest BCUT2D eigenvalue weighted by Gasteiger charge is 2.27. The van der Waals surface area contributed by atoms with Crippen molar-refractivity contribution in [2.75, 3.05) is 26.2 Å². The summed E-state index contributed by atoms with van der Waals surface area (Å²) in [6.07, 6.45) is 6.85. The van der Waals surface area contributed by atoms with E-state index >= 15 is 0 Å². The quantitative estimate of drug-likeness (QED) is 0.539. The number of aliphatic imine (C=N–C) groups is 1. The molecule has 0 saturated heterocycles. The number of β-amino-alcohol motifs (C(OH)–C–C–N with tert-alkyl or cyclic N) is 1. The molecular weight excluding hydrogens is 398 g/mol. The first-order valence-corrected chi connectivity index (χ1v) is 11.3. The number of rotatable bonds is 7. The van der Waals surface area contributed by atoms with Gasteiger partial charge in [0.1, 0.15) is 0 Å². The van der Waals surface area contributed by atoms with Gasteiger partial charge >= 0.3 is 0 Å². The second kappa shape index (κ2) is 10.1. The van der Waals surface area contributed by atoms with E-state index < -0.39 is 6.10 Å². The smallest absolute Gasteiger partial charge is 0.254 e. The predicted molar refractivity (Wildman–Crippen MR) is 130 cm³/mol. The topological polar surface area (TPSA) is 56.1 Å². The molecule has 1 N–H and O–H groups in total. The van der Waals surface area contributed by atoms with E-state index in [1.54, 1.807) is 11.1 Å². The SMILES string of the molecule is C=N/C=C\C(=C/C)c1ccc2c(c1)CCN(C[C@H](O)CN1CCc3ccccc3C1)C2=O. The summed E-state index contributed by atoms with van der Waals surface area (Å²) < 4.78 is 0. The lowest BCUT2D eigenvalue weighted by molar-refractivity contribution is 0.0493. The third-order valence-electron chi connectivity index (χ3n) is 6.39. The number of amides is 1. The van der Waals surface area contributed by atoms with E-state index in [1.165, 1.54) is 11.1 Å². The van der Waals surface area contributed by atoms with Crippen molar-refractivity contribution in [1.29, 1.82) is 0 Å². The molecule has 0 fully saturated rings. The highest BCUT2D eigenvalue weighted by molar-refractivity contribution is 5.97. The van der Waals surface area contributed by atoms with E-state index in [-0.39, 0.29) is 5.91 Å². The Morgan fingerprint density at radius 3 is 2.69 bits per heavy atom. The minimum absolute atomic E-state index is 0.00571. The van der Waals surface area contributed by atoms with Crippen LogP contribution in [0.2, 0.25) is 0 Å². The molecule has 5 heteroatoms. The maximum absolute atomic E-state index is 13.1. The Kier molecular flexibility index (Phi) is 6.98. The molecule has 0 radical (unpaired) electrons. The number of aliphatic hydroxyl groups is 1. The second-order valence-corrected chi connectivity index (χ2v) is 8.52. The summed E-state index contributed by atoms with van der Waals surface area (Å²) in [5.41, 5.74) is 6.65. The van der Waals surface area contributed by atoms with Gasteiger partial charge in [-0.1, -0.05) is 42.5 Å². The molecule has 1 atom stereocenters. The van der Waals surface area contributed by atoms with Gasteiger partial charge in [-0.05, 0) is 66.5 Å². The van der Waals surface area contributed by atoms with Crippen molar-refractivity contribution < 1.29 is 9.90 Å². The third kappa shape index (κ3) is 4.90. The number of benzene rings is 2. The van der Waals surface area contributed by atoms with E-state index in [4.69, 9.17) is 0 Å². The van der Waals surface area contributed by atoms with Crippen LogP contribution in [0.3, 0.4) is 0 Å². The number of nitrogens with zero attached hydrogens (tertiary/aromatic N) is 3. The minimum Gasteiger partial charge on any atom is -0.390 e. The molecule has 2 aromatic rings. The summed E-state index contributed by atoms with van der Waals surface area (Å²) in [6.45, 7) is 8.84. The van der Waals surface area contributed by atoms with Crippen molar-refractivity contribution in [3.8, 4) is 0 Å². The largest absolute Gasteiger partial charge is 0.390 e. The minimum atomic E-state index is -0.559. The molecule has 32 heavy (non-hydrogen) atoms. The lowest BCUT2D eigenvalue weighted by atomic mass is 9.93. The summed E-state index contributed by atoms with van der Waals surface area (Å²) in [5, 5.41) is 10.7. The van der Waals surface area contributed by atoms with Crippen LogP contribution < -0.4 is 0 Å². The van der Waals surface area contributed by atoms with Gasteiger partial charge in [0.25, 0.3) is 5.91 Å². The molecular formula is C27H31N3O2. The van der Waals surface area contributed by atoms with Crippen molar-refractivity contribution in [2.24, 2.45) is 4.99 Å². The number of carbonyl (C=O) groups excluding carboxylic acids is 1. The van der Waals surface area contributed by atoms with Gasteiger partial charge in [-0.3, -0.25) is 14.7 Å². The summed E-state index contributed by atoms with van der Waals surface area (Å²) in [7, 11) is 0. The number of hydrogen-bond donors (Lipinski definition) is 1. The van der Waals surface area contributed by atoms with Gasteiger partial charge in [-0.25, -0.2) is 0 Å². The van der Waals surface area contributed by atoms with Gasteiger partial charge in [0, 0.05) is 44.5 Å². The molecule has 5 nitrogen and oxygen atoms in total. The van der Waals surface area contributed by atoms with E-state index in [9.17, 15) is 9.90 Å². The van der Waals surface area contributed by atoms with Crippen LogP contribution in [0.25, 0.3) is 5.57 Å². The fourth-order valence-corrected chi connectivity index (χ4v) is 4.70. The zero-order chi connectivity index (χ0) is 22.5. The second-order valence-electron chi connectivity index (χ2n) is 8.52. The maximum atomic E-state index is 13.1. The lowest BCUT2D eigenvalue weighted by Gasteiger charge is -2.34. The highest BCUT2D eigenvalue weighted by Crippen LogP contribution is 2.25. The molecule has 0 unspecified atom stereocenters. The number of fused-ring (bicyclic) bond motifs is 2. The van der Waals surface area contributed by atoms with Crippen molar-refractivity contribution in [3.63, 3.8) is 0 Å². The third-order valence-corrected chi connectivity index (χ3v) is 6.39. The summed E-state index contributed by atoms with van der Waals surface area (Å²) in [4.78, 5) is 20.9. The summed E-state index contributed by atoms with van der Waals surface area (Å²) in [6, 6.07) is 14.5. The predicted octanol–water partition coefficient (Wildman–Crippen LogP) is 3.72. The number of carbonyl (C=O) groups is 1. The summed E-state index contributed by atoms with van der Waals surface area (Å²) >= 11 is 0. The Morgan fingerprint density at radius 1 is 1.12 bits per heavy atom. The zero-order valence-electron chi connectivity index (χ0n) is 18.7. The fraction of sp³-hybridized carbons (Fsp3) is 0.333. The fourth-order valence-electron chi connectivity index (χ4n) is 4.70. The average Bonchev–Trinajstić information content (AvgIpc) is 2.81. The summed E-state index contributed by atoms with van der Waals surface area (Å²) in [5.74, 6) is 0.00571. The van der Waals surface area contributed by atoms with Crippen molar-refractivity contribution in [2.45, 2.75) is 32.4 Å². The van der Waals surface area contributed by atoms with Crippen LogP contribution in [0.5, 0.6) is 0 Å². The van der Waals surface area contributed by atoms with Crippen molar-refractivity contribution in [3.05, 3.63) is 88.6 Å². The molecule has 2 heterocycles. The number of aliphatic hydroxyl groups excluding tert-OH is 1. The van der Waals surface area contributed by atoms with Gasteiger partial charge in [-0.15, -0.1) is 0 Å². The Labute approximate surface area is 190 Å². The van der Waals surface area contributed by atoms with Crippen LogP contribution >= 0.6 is 0 Å². The molecule has 4 rings (SSSR count). The normalized spacial score (nSPS) is 17.9. The Hall–Kier alpha value is -3.02. The van der Waals surface area contributed by atoms with E-state index in [2.05, 4.69) is 46.9 Å². The molecule has 0 aliphatic carbocycles. The van der Waals surface area contributed by atoms with Crippen molar-refractivity contribution in [1.82, 2.24) is 9.80 Å². The van der Waals surface area contributed by atoms with E-state index in [0.29, 0.717) is 19.6 Å². The molecule has 166 valence electrons. The zero-order valence-corrected chi connectivity index (χ0v) is 18.7. The highest BCUT2D eigenvalue weighted by atomic mass is 16.3. The monoisotopic (exact) mass is 429 g/mol. The first kappa shape index (κ1) is 22.2. The first-order chi connectivity index (χ1) is 15.6. The Bertz CT molecular complexity index is 1060. The molecule has 0 aromatic heterocycles. The van der Waals surface area contributed by atoms with Crippen LogP contribution in [-0.2, 0) is 19.4 Å².